The number of isocyanates is 1. The first-order chi connectivity index (χ1) is 9.26. The fraction of sp³-hybridized carbons (Fsp3) is 0.429. The third-order valence-corrected chi connectivity index (χ3v) is 3.09. The molecular formula is C14H16N2O3. The number of benzene rings is 1. The molecule has 0 spiro atoms. The lowest BCUT2D eigenvalue weighted by Gasteiger charge is -2.11. The summed E-state index contributed by atoms with van der Waals surface area (Å²) in [6.45, 7) is 1.96. The molecule has 100 valence electrons. The molecule has 5 heteroatoms. The summed E-state index contributed by atoms with van der Waals surface area (Å²) in [7, 11) is 0. The molecule has 1 N–H and O–H groups in total. The molecule has 1 saturated carbocycles. The molecule has 1 aromatic carbocycles. The van der Waals surface area contributed by atoms with Gasteiger partial charge in [0.25, 0.3) is 0 Å². The molecule has 1 aliphatic rings. The molecular weight excluding hydrogens is 244 g/mol. The van der Waals surface area contributed by atoms with Crippen molar-refractivity contribution >= 4 is 17.7 Å². The van der Waals surface area contributed by atoms with E-state index in [-0.39, 0.29) is 12.5 Å². The van der Waals surface area contributed by atoms with E-state index in [0.29, 0.717) is 18.0 Å². The van der Waals surface area contributed by atoms with Crippen LogP contribution < -0.4 is 5.48 Å². The normalized spacial score (nSPS) is 13.7. The van der Waals surface area contributed by atoms with Crippen molar-refractivity contribution in [1.82, 2.24) is 5.48 Å². The molecule has 5 nitrogen and oxygen atoms in total. The van der Waals surface area contributed by atoms with Crippen LogP contribution in [0.25, 0.3) is 0 Å². The lowest BCUT2D eigenvalue weighted by molar-refractivity contribution is -0.134. The number of aliphatic imine (C=N–C) groups is 1. The van der Waals surface area contributed by atoms with Crippen LogP contribution in [0.5, 0.6) is 0 Å². The van der Waals surface area contributed by atoms with Gasteiger partial charge in [-0.15, -0.1) is 0 Å². The molecule has 1 aromatic rings. The summed E-state index contributed by atoms with van der Waals surface area (Å²) in [4.78, 5) is 30.5. The van der Waals surface area contributed by atoms with Crippen molar-refractivity contribution in [2.24, 2.45) is 4.99 Å². The minimum atomic E-state index is -0.177. The number of hydrogen-bond donors (Lipinski definition) is 1. The van der Waals surface area contributed by atoms with Crippen LogP contribution >= 0.6 is 0 Å². The minimum absolute atomic E-state index is 0.177. The van der Waals surface area contributed by atoms with Gasteiger partial charge in [0, 0.05) is 12.0 Å². The first-order valence-corrected chi connectivity index (χ1v) is 6.36. The van der Waals surface area contributed by atoms with Crippen LogP contribution in [-0.4, -0.2) is 12.0 Å². The Morgan fingerprint density at radius 1 is 1.53 bits per heavy atom. The zero-order chi connectivity index (χ0) is 13.7. The Morgan fingerprint density at radius 2 is 2.32 bits per heavy atom. The topological polar surface area (TPSA) is 67.8 Å². The Labute approximate surface area is 111 Å². The van der Waals surface area contributed by atoms with Crippen molar-refractivity contribution in [3.63, 3.8) is 0 Å². The second-order valence-electron chi connectivity index (χ2n) is 4.49. The van der Waals surface area contributed by atoms with Gasteiger partial charge in [0.15, 0.2) is 0 Å². The first-order valence-electron chi connectivity index (χ1n) is 6.36. The summed E-state index contributed by atoms with van der Waals surface area (Å²) < 4.78 is 0. The number of carbonyl (C=O) groups excluding carboxylic acids is 2. The highest BCUT2D eigenvalue weighted by Gasteiger charge is 2.27. The highest BCUT2D eigenvalue weighted by atomic mass is 16.6. The molecule has 0 radical (unpaired) electrons. The van der Waals surface area contributed by atoms with Crippen molar-refractivity contribution in [2.75, 3.05) is 0 Å². The summed E-state index contributed by atoms with van der Waals surface area (Å²) >= 11 is 0. The molecule has 1 fully saturated rings. The minimum Gasteiger partial charge on any atom is -0.273 e. The van der Waals surface area contributed by atoms with E-state index in [9.17, 15) is 9.59 Å². The Hall–Kier alpha value is -1.97. The van der Waals surface area contributed by atoms with E-state index in [1.165, 1.54) is 0 Å². The average molecular weight is 260 g/mol. The zero-order valence-corrected chi connectivity index (χ0v) is 10.8. The second-order valence-corrected chi connectivity index (χ2v) is 4.49. The molecule has 0 saturated heterocycles. The van der Waals surface area contributed by atoms with Crippen molar-refractivity contribution in [2.45, 2.75) is 38.7 Å². The van der Waals surface area contributed by atoms with E-state index >= 15 is 0 Å². The molecule has 0 atom stereocenters. The van der Waals surface area contributed by atoms with Crippen LogP contribution in [0.15, 0.2) is 23.2 Å². The van der Waals surface area contributed by atoms with Crippen LogP contribution in [-0.2, 0) is 21.0 Å². The van der Waals surface area contributed by atoms with Gasteiger partial charge in [-0.05, 0) is 30.4 Å². The van der Waals surface area contributed by atoms with Crippen LogP contribution in [0.1, 0.15) is 43.2 Å². The van der Waals surface area contributed by atoms with Gasteiger partial charge in [0.05, 0.1) is 5.69 Å². The van der Waals surface area contributed by atoms with Gasteiger partial charge in [-0.2, -0.15) is 4.99 Å². The van der Waals surface area contributed by atoms with Gasteiger partial charge in [0.1, 0.15) is 6.61 Å². The fourth-order valence-electron chi connectivity index (χ4n) is 1.94. The van der Waals surface area contributed by atoms with E-state index in [4.69, 9.17) is 4.84 Å². The van der Waals surface area contributed by atoms with Gasteiger partial charge in [-0.25, -0.2) is 10.3 Å². The lowest BCUT2D eigenvalue weighted by Crippen LogP contribution is -2.22. The molecule has 2 rings (SSSR count). The van der Waals surface area contributed by atoms with E-state index in [2.05, 4.69) is 10.5 Å². The van der Waals surface area contributed by atoms with Gasteiger partial charge in [-0.1, -0.05) is 19.1 Å². The number of nitrogens with zero attached hydrogens (tertiary/aromatic N) is 1. The van der Waals surface area contributed by atoms with E-state index < -0.39 is 0 Å². The van der Waals surface area contributed by atoms with Crippen molar-refractivity contribution < 1.29 is 14.4 Å². The fourth-order valence-corrected chi connectivity index (χ4v) is 1.94. The van der Waals surface area contributed by atoms with Crippen LogP contribution in [0.2, 0.25) is 0 Å². The maximum atomic E-state index is 11.1. The predicted octanol–water partition coefficient (Wildman–Crippen LogP) is 2.49. The zero-order valence-electron chi connectivity index (χ0n) is 10.8. The van der Waals surface area contributed by atoms with Gasteiger partial charge >= 0.3 is 0 Å². The summed E-state index contributed by atoms with van der Waals surface area (Å²) in [6, 6.07) is 5.64. The SMILES string of the molecule is CCC(=O)NOCc1c(N=C=O)cccc1C1CC1. The molecule has 0 aliphatic heterocycles. The van der Waals surface area contributed by atoms with Crippen molar-refractivity contribution in [1.29, 1.82) is 0 Å². The molecule has 0 aromatic heterocycles. The first kappa shape index (κ1) is 13.5. The Morgan fingerprint density at radius 3 is 2.95 bits per heavy atom. The molecule has 1 aliphatic carbocycles. The number of hydrogen-bond acceptors (Lipinski definition) is 4. The molecule has 19 heavy (non-hydrogen) atoms. The van der Waals surface area contributed by atoms with E-state index in [1.54, 1.807) is 19.1 Å². The predicted molar refractivity (Wildman–Crippen MR) is 69.4 cm³/mol. The summed E-state index contributed by atoms with van der Waals surface area (Å²) in [5.41, 5.74) is 4.91. The third kappa shape index (κ3) is 3.50. The Balaban J connectivity index is 2.15. The summed E-state index contributed by atoms with van der Waals surface area (Å²) in [6.07, 6.45) is 4.20. The van der Waals surface area contributed by atoms with E-state index in [1.807, 2.05) is 12.1 Å². The van der Waals surface area contributed by atoms with Crippen molar-refractivity contribution in [3.05, 3.63) is 29.3 Å². The number of hydroxylamine groups is 1. The number of amides is 1. The Bertz CT molecular complexity index is 517. The monoisotopic (exact) mass is 260 g/mol. The third-order valence-electron chi connectivity index (χ3n) is 3.09. The largest absolute Gasteiger partial charge is 0.273 e. The van der Waals surface area contributed by atoms with Crippen LogP contribution in [0, 0.1) is 0 Å². The maximum absolute atomic E-state index is 11.1. The quantitative estimate of drug-likeness (QED) is 0.485. The standard InChI is InChI=1S/C14H16N2O3/c1-2-14(18)16-19-8-12-11(10-6-7-10)4-3-5-13(12)15-9-17/h3-5,10H,2,6-8H2,1H3,(H,16,18). The molecule has 1 amide bonds. The van der Waals surface area contributed by atoms with Crippen LogP contribution in [0.3, 0.4) is 0 Å². The smallest absolute Gasteiger partial charge is 0.243 e. The second kappa shape index (κ2) is 6.27. The lowest BCUT2D eigenvalue weighted by atomic mass is 10.0. The van der Waals surface area contributed by atoms with Gasteiger partial charge in [0.2, 0.25) is 12.0 Å². The number of rotatable bonds is 6. The average Bonchev–Trinajstić information content (AvgIpc) is 3.24. The molecule has 0 bridgehead atoms. The highest BCUT2D eigenvalue weighted by molar-refractivity contribution is 5.74. The highest BCUT2D eigenvalue weighted by Crippen LogP contribution is 2.43. The van der Waals surface area contributed by atoms with Crippen LogP contribution in [0.4, 0.5) is 5.69 Å². The van der Waals surface area contributed by atoms with E-state index in [0.717, 1.165) is 24.0 Å². The summed E-state index contributed by atoms with van der Waals surface area (Å²) in [5, 5.41) is 0. The van der Waals surface area contributed by atoms with Crippen molar-refractivity contribution in [3.8, 4) is 0 Å². The Kier molecular flexibility index (Phi) is 4.44. The van der Waals surface area contributed by atoms with Gasteiger partial charge in [-0.3, -0.25) is 9.63 Å². The molecule has 0 unspecified atom stereocenters. The number of carbonyl (C=O) groups is 1. The number of nitrogens with one attached hydrogen (secondary N) is 1. The summed E-state index contributed by atoms with van der Waals surface area (Å²) in [5.74, 6) is 0.339. The molecule has 0 heterocycles. The maximum Gasteiger partial charge on any atom is 0.243 e. The van der Waals surface area contributed by atoms with Gasteiger partial charge < -0.3 is 0 Å².